The summed E-state index contributed by atoms with van der Waals surface area (Å²) in [4.78, 5) is 11.9. The molecule has 0 radical (unpaired) electrons. The summed E-state index contributed by atoms with van der Waals surface area (Å²) in [6.45, 7) is -0.232. The van der Waals surface area contributed by atoms with Crippen molar-refractivity contribution in [2.45, 2.75) is 54.6 Å². The molecule has 4 atom stereocenters. The fraction of sp³-hybridized carbons (Fsp3) is 0.562. The van der Waals surface area contributed by atoms with Gasteiger partial charge in [0.05, 0.1) is 17.4 Å². The first kappa shape index (κ1) is 19.5. The summed E-state index contributed by atoms with van der Waals surface area (Å²) in [5.74, 6) is -0.258. The second-order valence-corrected chi connectivity index (χ2v) is 8.75. The summed E-state index contributed by atoms with van der Waals surface area (Å²) in [6.07, 6.45) is -2.59. The molecular weight excluding hydrogens is 384 g/mol. The van der Waals surface area contributed by atoms with Gasteiger partial charge in [-0.05, 0) is 37.1 Å². The van der Waals surface area contributed by atoms with Crippen molar-refractivity contribution in [1.82, 2.24) is 10.0 Å². The first-order chi connectivity index (χ1) is 12.3. The Labute approximate surface area is 156 Å². The molecule has 0 bridgehead atoms. The number of carbonyl (C=O) groups excluding carboxylic acids is 1. The van der Waals surface area contributed by atoms with Gasteiger partial charge in [0, 0.05) is 17.6 Å². The molecular formula is C16H21ClN2O6S. The summed E-state index contributed by atoms with van der Waals surface area (Å²) in [5.41, 5.74) is 0. The molecule has 1 amide bonds. The highest BCUT2D eigenvalue weighted by atomic mass is 35.5. The predicted octanol–water partition coefficient (Wildman–Crippen LogP) is -0.224. The Morgan fingerprint density at radius 1 is 1.15 bits per heavy atom. The lowest BCUT2D eigenvalue weighted by atomic mass is 10.1. The van der Waals surface area contributed by atoms with Gasteiger partial charge in [-0.25, -0.2) is 13.1 Å². The first-order valence-electron chi connectivity index (χ1n) is 8.32. The number of benzene rings is 1. The molecule has 10 heteroatoms. The van der Waals surface area contributed by atoms with Crippen LogP contribution in [-0.2, 0) is 19.6 Å². The smallest absolute Gasteiger partial charge is 0.240 e. The molecule has 0 unspecified atom stereocenters. The van der Waals surface area contributed by atoms with Gasteiger partial charge in [-0.1, -0.05) is 11.6 Å². The van der Waals surface area contributed by atoms with Gasteiger partial charge in [0.15, 0.2) is 0 Å². The third-order valence-electron chi connectivity index (χ3n) is 4.39. The Bertz CT molecular complexity index is 753. The van der Waals surface area contributed by atoms with Gasteiger partial charge < -0.3 is 20.3 Å². The molecule has 0 aromatic heterocycles. The number of hydrogen-bond acceptors (Lipinski definition) is 6. The van der Waals surface area contributed by atoms with Crippen LogP contribution in [0.25, 0.3) is 0 Å². The lowest BCUT2D eigenvalue weighted by Gasteiger charge is -2.15. The third kappa shape index (κ3) is 4.73. The average molecular weight is 405 g/mol. The van der Waals surface area contributed by atoms with E-state index in [1.807, 2.05) is 0 Å². The van der Waals surface area contributed by atoms with E-state index in [-0.39, 0.29) is 29.8 Å². The molecule has 1 saturated carbocycles. The maximum atomic E-state index is 12.3. The summed E-state index contributed by atoms with van der Waals surface area (Å²) in [6, 6.07) is 5.81. The maximum absolute atomic E-state index is 12.3. The molecule has 1 aromatic rings. The Balaban J connectivity index is 1.55. The van der Waals surface area contributed by atoms with Crippen molar-refractivity contribution in [3.8, 4) is 0 Å². The molecule has 1 aliphatic heterocycles. The number of carbonyl (C=O) groups is 1. The van der Waals surface area contributed by atoms with Crippen LogP contribution in [0.15, 0.2) is 29.2 Å². The zero-order valence-corrected chi connectivity index (χ0v) is 15.4. The van der Waals surface area contributed by atoms with Crippen molar-refractivity contribution in [2.24, 2.45) is 0 Å². The predicted molar refractivity (Wildman–Crippen MR) is 93.1 cm³/mol. The van der Waals surface area contributed by atoms with E-state index in [0.717, 1.165) is 12.8 Å². The molecule has 8 nitrogen and oxygen atoms in total. The van der Waals surface area contributed by atoms with E-state index >= 15 is 0 Å². The van der Waals surface area contributed by atoms with E-state index < -0.39 is 34.4 Å². The number of aliphatic hydroxyl groups excluding tert-OH is 2. The third-order valence-corrected chi connectivity index (χ3v) is 6.08. The van der Waals surface area contributed by atoms with Crippen molar-refractivity contribution < 1.29 is 28.2 Å². The highest BCUT2D eigenvalue weighted by Gasteiger charge is 2.44. The van der Waals surface area contributed by atoms with Crippen molar-refractivity contribution in [2.75, 3.05) is 6.54 Å². The van der Waals surface area contributed by atoms with Crippen LogP contribution in [0.5, 0.6) is 0 Å². The highest BCUT2D eigenvalue weighted by molar-refractivity contribution is 7.89. The fourth-order valence-electron chi connectivity index (χ4n) is 2.75. The van der Waals surface area contributed by atoms with E-state index in [4.69, 9.17) is 16.3 Å². The maximum Gasteiger partial charge on any atom is 0.240 e. The van der Waals surface area contributed by atoms with Crippen LogP contribution < -0.4 is 10.0 Å². The van der Waals surface area contributed by atoms with Crippen molar-refractivity contribution in [3.63, 3.8) is 0 Å². The van der Waals surface area contributed by atoms with Gasteiger partial charge in [-0.3, -0.25) is 4.79 Å². The number of sulfonamides is 1. The number of nitrogens with one attached hydrogen (secondary N) is 2. The van der Waals surface area contributed by atoms with E-state index in [2.05, 4.69) is 10.0 Å². The van der Waals surface area contributed by atoms with Crippen LogP contribution >= 0.6 is 11.6 Å². The topological polar surface area (TPSA) is 125 Å². The van der Waals surface area contributed by atoms with Gasteiger partial charge in [-0.15, -0.1) is 0 Å². The van der Waals surface area contributed by atoms with Crippen LogP contribution in [0, 0.1) is 0 Å². The molecule has 1 aromatic carbocycles. The molecule has 26 heavy (non-hydrogen) atoms. The second kappa shape index (κ2) is 7.79. The average Bonchev–Trinajstić information content (AvgIpc) is 3.36. The largest absolute Gasteiger partial charge is 0.388 e. The first-order valence-corrected chi connectivity index (χ1v) is 10.2. The van der Waals surface area contributed by atoms with Crippen LogP contribution in [0.1, 0.15) is 19.3 Å². The molecule has 3 rings (SSSR count). The number of hydrogen-bond donors (Lipinski definition) is 4. The molecule has 1 heterocycles. The summed E-state index contributed by atoms with van der Waals surface area (Å²) in [7, 11) is -3.81. The zero-order valence-electron chi connectivity index (χ0n) is 13.8. The monoisotopic (exact) mass is 404 g/mol. The van der Waals surface area contributed by atoms with Crippen molar-refractivity contribution in [1.29, 1.82) is 0 Å². The lowest BCUT2D eigenvalue weighted by molar-refractivity contribution is -0.125. The van der Waals surface area contributed by atoms with Gasteiger partial charge in [0.1, 0.15) is 18.3 Å². The van der Waals surface area contributed by atoms with Crippen LogP contribution in [-0.4, -0.2) is 61.5 Å². The van der Waals surface area contributed by atoms with E-state index in [0.29, 0.717) is 5.02 Å². The molecule has 1 aliphatic carbocycles. The number of amides is 1. The number of rotatable bonds is 7. The number of ether oxygens (including phenoxy) is 1. The van der Waals surface area contributed by atoms with E-state index in [1.165, 1.54) is 24.3 Å². The zero-order chi connectivity index (χ0) is 18.9. The summed E-state index contributed by atoms with van der Waals surface area (Å²) >= 11 is 5.74. The SMILES string of the molecule is O=C(C[C@@H]1O[C@H](CNS(=O)(=O)c2ccc(Cl)cc2)[C@@H](O)[C@H]1O)NC1CC1. The van der Waals surface area contributed by atoms with E-state index in [1.54, 1.807) is 0 Å². The molecule has 1 saturated heterocycles. The highest BCUT2D eigenvalue weighted by Crippen LogP contribution is 2.25. The minimum atomic E-state index is -3.81. The van der Waals surface area contributed by atoms with Crippen LogP contribution in [0.4, 0.5) is 0 Å². The minimum Gasteiger partial charge on any atom is -0.388 e. The Kier molecular flexibility index (Phi) is 5.85. The van der Waals surface area contributed by atoms with Crippen molar-refractivity contribution >= 4 is 27.5 Å². The standard InChI is InChI=1S/C16H21ClN2O6S/c17-9-1-5-11(6-2-9)26(23,24)18-8-13-16(22)15(21)12(25-13)7-14(20)19-10-3-4-10/h1-2,5-6,10,12-13,15-16,18,21-22H,3-4,7-8H2,(H,19,20)/t12-,13+,15-,16+/m0/s1. The second-order valence-electron chi connectivity index (χ2n) is 6.55. The van der Waals surface area contributed by atoms with Gasteiger partial charge in [0.2, 0.25) is 15.9 Å². The molecule has 144 valence electrons. The minimum absolute atomic E-state index is 0.0234. The van der Waals surface area contributed by atoms with Crippen molar-refractivity contribution in [3.05, 3.63) is 29.3 Å². The Morgan fingerprint density at radius 2 is 1.77 bits per heavy atom. The van der Waals surface area contributed by atoms with Crippen LogP contribution in [0.2, 0.25) is 5.02 Å². The van der Waals surface area contributed by atoms with Gasteiger partial charge >= 0.3 is 0 Å². The van der Waals surface area contributed by atoms with Gasteiger partial charge in [-0.2, -0.15) is 0 Å². The van der Waals surface area contributed by atoms with E-state index in [9.17, 15) is 23.4 Å². The molecule has 4 N–H and O–H groups in total. The summed E-state index contributed by atoms with van der Waals surface area (Å²) in [5, 5.41) is 23.3. The molecule has 2 fully saturated rings. The summed E-state index contributed by atoms with van der Waals surface area (Å²) < 4.78 is 32.4. The normalized spacial score (nSPS) is 28.9. The fourth-order valence-corrected chi connectivity index (χ4v) is 3.92. The molecule has 0 spiro atoms. The molecule has 2 aliphatic rings. The Morgan fingerprint density at radius 3 is 2.38 bits per heavy atom. The van der Waals surface area contributed by atoms with Crippen LogP contribution in [0.3, 0.4) is 0 Å². The number of halogens is 1. The Hall–Kier alpha value is -1.23. The van der Waals surface area contributed by atoms with Gasteiger partial charge in [0.25, 0.3) is 0 Å². The number of aliphatic hydroxyl groups is 2. The quantitative estimate of drug-likeness (QED) is 0.497. The lowest BCUT2D eigenvalue weighted by Crippen LogP contribution is -2.40.